The van der Waals surface area contributed by atoms with Gasteiger partial charge in [0.05, 0.1) is 11.0 Å². The van der Waals surface area contributed by atoms with E-state index in [-0.39, 0.29) is 0 Å². The Morgan fingerprint density at radius 1 is 1.50 bits per heavy atom. The summed E-state index contributed by atoms with van der Waals surface area (Å²) in [5, 5.41) is 0.734. The Balaban J connectivity index is 2.88. The van der Waals surface area contributed by atoms with Crippen LogP contribution in [0, 0.1) is 0 Å². The summed E-state index contributed by atoms with van der Waals surface area (Å²) >= 11 is 9.19. The molecule has 12 heavy (non-hydrogen) atoms. The van der Waals surface area contributed by atoms with Crippen LogP contribution < -0.4 is 0 Å². The minimum atomic E-state index is 0.734. The molecule has 62 valence electrons. The second kappa shape index (κ2) is 2.75. The second-order valence-corrected chi connectivity index (χ2v) is 3.72. The second-order valence-electron chi connectivity index (χ2n) is 2.57. The van der Waals surface area contributed by atoms with Crippen LogP contribution in [0.2, 0.25) is 5.02 Å². The number of fused-ring (bicyclic) bond motifs is 1. The fourth-order valence-electron chi connectivity index (χ4n) is 1.13. The van der Waals surface area contributed by atoms with E-state index in [1.807, 2.05) is 29.8 Å². The van der Waals surface area contributed by atoms with E-state index < -0.39 is 0 Å². The maximum absolute atomic E-state index is 5.84. The van der Waals surface area contributed by atoms with Gasteiger partial charge in [0.25, 0.3) is 0 Å². The van der Waals surface area contributed by atoms with E-state index in [1.54, 1.807) is 0 Å². The predicted octanol–water partition coefficient (Wildman–Crippen LogP) is 2.99. The third-order valence-electron chi connectivity index (χ3n) is 1.79. The molecule has 0 radical (unpaired) electrons. The van der Waals surface area contributed by atoms with E-state index in [1.165, 1.54) is 0 Å². The number of aromatic nitrogens is 2. The Hall–Kier alpha value is -0.540. The Kier molecular flexibility index (Phi) is 1.85. The van der Waals surface area contributed by atoms with Crippen LogP contribution in [0.25, 0.3) is 11.0 Å². The fourth-order valence-corrected chi connectivity index (χ4v) is 1.68. The number of hydrogen-bond acceptors (Lipinski definition) is 1. The van der Waals surface area contributed by atoms with Gasteiger partial charge in [0.1, 0.15) is 0 Å². The third kappa shape index (κ3) is 1.13. The van der Waals surface area contributed by atoms with Gasteiger partial charge in [0.2, 0.25) is 0 Å². The molecule has 4 heteroatoms. The van der Waals surface area contributed by atoms with Gasteiger partial charge >= 0.3 is 0 Å². The zero-order chi connectivity index (χ0) is 8.72. The van der Waals surface area contributed by atoms with Crippen molar-refractivity contribution in [3.63, 3.8) is 0 Å². The molecule has 1 aromatic heterocycles. The highest BCUT2D eigenvalue weighted by Crippen LogP contribution is 2.21. The van der Waals surface area contributed by atoms with Gasteiger partial charge in [-0.3, -0.25) is 0 Å². The number of hydrogen-bond donors (Lipinski definition) is 0. The van der Waals surface area contributed by atoms with Crippen molar-refractivity contribution >= 4 is 38.6 Å². The van der Waals surface area contributed by atoms with Crippen molar-refractivity contribution in [2.45, 2.75) is 0 Å². The number of nitrogens with zero attached hydrogens (tertiary/aromatic N) is 2. The van der Waals surface area contributed by atoms with Crippen LogP contribution in [0.5, 0.6) is 0 Å². The summed E-state index contributed by atoms with van der Waals surface area (Å²) in [5.74, 6) is 0. The molecule has 1 heterocycles. The summed E-state index contributed by atoms with van der Waals surface area (Å²) < 4.78 is 2.76. The largest absolute Gasteiger partial charge is 0.322 e. The zero-order valence-corrected chi connectivity index (χ0v) is 8.72. The average molecular weight is 246 g/mol. The van der Waals surface area contributed by atoms with Gasteiger partial charge in [0, 0.05) is 12.1 Å². The quantitative estimate of drug-likeness (QED) is 0.698. The lowest BCUT2D eigenvalue weighted by molar-refractivity contribution is 0.912. The number of rotatable bonds is 0. The first-order valence-electron chi connectivity index (χ1n) is 3.46. The predicted molar refractivity (Wildman–Crippen MR) is 53.4 cm³/mol. The van der Waals surface area contributed by atoms with Crippen molar-refractivity contribution in [3.8, 4) is 0 Å². The third-order valence-corrected chi connectivity index (χ3v) is 2.73. The van der Waals surface area contributed by atoms with Gasteiger partial charge < -0.3 is 4.57 Å². The Bertz CT molecular complexity index is 436. The van der Waals surface area contributed by atoms with Gasteiger partial charge in [-0.15, -0.1) is 0 Å². The molecule has 0 aliphatic heterocycles. The molecule has 0 N–H and O–H groups in total. The van der Waals surface area contributed by atoms with Crippen LogP contribution in [0.3, 0.4) is 0 Å². The normalized spacial score (nSPS) is 10.9. The topological polar surface area (TPSA) is 17.8 Å². The van der Waals surface area contributed by atoms with Crippen molar-refractivity contribution in [2.24, 2.45) is 7.05 Å². The van der Waals surface area contributed by atoms with Gasteiger partial charge in [-0.05, 0) is 34.1 Å². The lowest BCUT2D eigenvalue weighted by Crippen LogP contribution is -1.86. The van der Waals surface area contributed by atoms with Crippen LogP contribution in [0.4, 0.5) is 0 Å². The standard InChI is InChI=1S/C8H6BrClN2/c1-12-7-4-5(10)2-3-6(7)11-8(12)9/h2-4H,1H3. The maximum Gasteiger partial charge on any atom is 0.177 e. The Morgan fingerprint density at radius 2 is 2.25 bits per heavy atom. The zero-order valence-electron chi connectivity index (χ0n) is 6.38. The lowest BCUT2D eigenvalue weighted by Gasteiger charge is -1.94. The van der Waals surface area contributed by atoms with E-state index in [4.69, 9.17) is 11.6 Å². The monoisotopic (exact) mass is 244 g/mol. The van der Waals surface area contributed by atoms with Crippen LogP contribution >= 0.6 is 27.5 Å². The number of benzene rings is 1. The highest BCUT2D eigenvalue weighted by Gasteiger charge is 2.04. The van der Waals surface area contributed by atoms with Crippen molar-refractivity contribution in [1.29, 1.82) is 0 Å². The molecule has 0 aliphatic carbocycles. The summed E-state index contributed by atoms with van der Waals surface area (Å²) in [5.41, 5.74) is 1.99. The van der Waals surface area contributed by atoms with Crippen molar-refractivity contribution < 1.29 is 0 Å². The molecule has 0 saturated heterocycles. The summed E-state index contributed by atoms with van der Waals surface area (Å²) in [4.78, 5) is 4.27. The van der Waals surface area contributed by atoms with E-state index >= 15 is 0 Å². The summed E-state index contributed by atoms with van der Waals surface area (Å²) in [7, 11) is 1.94. The smallest absolute Gasteiger partial charge is 0.177 e. The molecule has 0 bridgehead atoms. The lowest BCUT2D eigenvalue weighted by atomic mass is 10.3. The molecule has 0 saturated carbocycles. The minimum absolute atomic E-state index is 0.734. The van der Waals surface area contributed by atoms with Gasteiger partial charge in [-0.25, -0.2) is 4.98 Å². The number of imidazole rings is 1. The van der Waals surface area contributed by atoms with Crippen LogP contribution in [-0.4, -0.2) is 9.55 Å². The van der Waals surface area contributed by atoms with E-state index in [9.17, 15) is 0 Å². The SMILES string of the molecule is Cn1c(Br)nc2ccc(Cl)cc21. The minimum Gasteiger partial charge on any atom is -0.322 e. The van der Waals surface area contributed by atoms with E-state index in [2.05, 4.69) is 20.9 Å². The molecule has 1 aromatic carbocycles. The van der Waals surface area contributed by atoms with Gasteiger partial charge in [-0.2, -0.15) is 0 Å². The molecule has 0 amide bonds. The molecule has 2 aromatic rings. The van der Waals surface area contributed by atoms with Crippen molar-refractivity contribution in [2.75, 3.05) is 0 Å². The molecule has 0 atom stereocenters. The number of halogens is 2. The van der Waals surface area contributed by atoms with E-state index in [0.29, 0.717) is 0 Å². The first kappa shape index (κ1) is 8.08. The van der Waals surface area contributed by atoms with Gasteiger partial charge in [-0.1, -0.05) is 11.6 Å². The highest BCUT2D eigenvalue weighted by atomic mass is 79.9. The first-order chi connectivity index (χ1) is 5.68. The molecule has 0 unspecified atom stereocenters. The fraction of sp³-hybridized carbons (Fsp3) is 0.125. The molecular formula is C8H6BrClN2. The molecular weight excluding hydrogens is 239 g/mol. The van der Waals surface area contributed by atoms with Crippen LogP contribution in [0.15, 0.2) is 22.9 Å². The van der Waals surface area contributed by atoms with Gasteiger partial charge in [0.15, 0.2) is 4.73 Å². The molecule has 2 rings (SSSR count). The van der Waals surface area contributed by atoms with Crippen molar-refractivity contribution in [1.82, 2.24) is 9.55 Å². The summed E-state index contributed by atoms with van der Waals surface area (Å²) in [6, 6.07) is 5.64. The van der Waals surface area contributed by atoms with Crippen LogP contribution in [0.1, 0.15) is 0 Å². The van der Waals surface area contributed by atoms with E-state index in [0.717, 1.165) is 20.8 Å². The van der Waals surface area contributed by atoms with Crippen LogP contribution in [-0.2, 0) is 7.05 Å². The number of aryl methyl sites for hydroxylation is 1. The Labute approximate surface area is 83.3 Å². The van der Waals surface area contributed by atoms with Crippen molar-refractivity contribution in [3.05, 3.63) is 28.0 Å². The summed E-state index contributed by atoms with van der Waals surface area (Å²) in [6.45, 7) is 0. The average Bonchev–Trinajstić information content (AvgIpc) is 2.31. The maximum atomic E-state index is 5.84. The molecule has 0 spiro atoms. The molecule has 0 aliphatic rings. The molecule has 0 fully saturated rings. The molecule has 2 nitrogen and oxygen atoms in total. The Morgan fingerprint density at radius 3 is 3.00 bits per heavy atom. The first-order valence-corrected chi connectivity index (χ1v) is 4.63. The highest BCUT2D eigenvalue weighted by molar-refractivity contribution is 9.10. The summed E-state index contributed by atoms with van der Waals surface area (Å²) in [6.07, 6.45) is 0.